The summed E-state index contributed by atoms with van der Waals surface area (Å²) in [4.78, 5) is 0. The van der Waals surface area contributed by atoms with Gasteiger partial charge in [0.05, 0.1) is 0 Å². The Balaban J connectivity index is 2.92. The van der Waals surface area contributed by atoms with Gasteiger partial charge in [-0.1, -0.05) is 84.7 Å². The molecule has 1 aromatic rings. The first-order chi connectivity index (χ1) is 9.01. The van der Waals surface area contributed by atoms with Crippen LogP contribution >= 0.6 is 31.9 Å². The molecule has 0 nitrogen and oxygen atoms in total. The van der Waals surface area contributed by atoms with Gasteiger partial charge in [-0.15, -0.1) is 0 Å². The summed E-state index contributed by atoms with van der Waals surface area (Å²) in [6.45, 7) is 6.99. The maximum Gasteiger partial charge on any atom is 0.0189 e. The molecular weight excluding hydrogens is 364 g/mol. The topological polar surface area (TPSA) is 0 Å². The van der Waals surface area contributed by atoms with Crippen molar-refractivity contribution in [3.63, 3.8) is 0 Å². The van der Waals surface area contributed by atoms with Crippen LogP contribution in [0.3, 0.4) is 0 Å². The summed E-state index contributed by atoms with van der Waals surface area (Å²) < 4.78 is 2.35. The van der Waals surface area contributed by atoms with Crippen molar-refractivity contribution in [3.05, 3.63) is 32.7 Å². The molecule has 0 aliphatic heterocycles. The number of hydrogen-bond donors (Lipinski definition) is 0. The van der Waals surface area contributed by atoms with Crippen LogP contribution in [0.4, 0.5) is 0 Å². The van der Waals surface area contributed by atoms with Gasteiger partial charge >= 0.3 is 0 Å². The van der Waals surface area contributed by atoms with Crippen LogP contribution in [0.2, 0.25) is 0 Å². The summed E-state index contributed by atoms with van der Waals surface area (Å²) in [5.74, 6) is 0. The zero-order valence-electron chi connectivity index (χ0n) is 12.4. The molecular formula is C17H26Br2. The molecule has 108 valence electrons. The highest BCUT2D eigenvalue weighted by molar-refractivity contribution is 9.11. The molecule has 1 atom stereocenters. The van der Waals surface area contributed by atoms with Crippen LogP contribution in [-0.2, 0) is 5.41 Å². The Labute approximate surface area is 135 Å². The average Bonchev–Trinajstić information content (AvgIpc) is 2.35. The van der Waals surface area contributed by atoms with Crippen LogP contribution in [0.25, 0.3) is 0 Å². The van der Waals surface area contributed by atoms with E-state index in [0.717, 1.165) is 0 Å². The molecule has 1 rings (SSSR count). The molecule has 2 heteroatoms. The van der Waals surface area contributed by atoms with Crippen molar-refractivity contribution in [3.8, 4) is 0 Å². The highest BCUT2D eigenvalue weighted by Crippen LogP contribution is 2.37. The lowest BCUT2D eigenvalue weighted by atomic mass is 9.74. The van der Waals surface area contributed by atoms with Gasteiger partial charge in [0.1, 0.15) is 0 Å². The van der Waals surface area contributed by atoms with Gasteiger partial charge in [0.2, 0.25) is 0 Å². The molecule has 1 unspecified atom stereocenters. The molecule has 0 amide bonds. The fourth-order valence-electron chi connectivity index (χ4n) is 2.65. The van der Waals surface area contributed by atoms with E-state index in [1.165, 1.54) is 59.5 Å². The largest absolute Gasteiger partial charge is 0.0654 e. The monoisotopic (exact) mass is 388 g/mol. The minimum absolute atomic E-state index is 0.317. The Hall–Kier alpha value is 0.180. The van der Waals surface area contributed by atoms with Crippen LogP contribution in [0, 0.1) is 0 Å². The number of hydrogen-bond acceptors (Lipinski definition) is 0. The Kier molecular flexibility index (Phi) is 7.68. The quantitative estimate of drug-likeness (QED) is 0.411. The van der Waals surface area contributed by atoms with E-state index in [9.17, 15) is 0 Å². The second-order valence-electron chi connectivity index (χ2n) is 5.78. The van der Waals surface area contributed by atoms with E-state index in [4.69, 9.17) is 0 Å². The van der Waals surface area contributed by atoms with Crippen LogP contribution in [0.15, 0.2) is 27.1 Å². The van der Waals surface area contributed by atoms with Crippen molar-refractivity contribution in [1.82, 2.24) is 0 Å². The van der Waals surface area contributed by atoms with Gasteiger partial charge in [-0.3, -0.25) is 0 Å². The first-order valence-corrected chi connectivity index (χ1v) is 9.07. The van der Waals surface area contributed by atoms with Gasteiger partial charge in [-0.25, -0.2) is 0 Å². The molecule has 0 radical (unpaired) electrons. The summed E-state index contributed by atoms with van der Waals surface area (Å²) in [5.41, 5.74) is 1.79. The van der Waals surface area contributed by atoms with Crippen molar-refractivity contribution < 1.29 is 0 Å². The fourth-order valence-corrected chi connectivity index (χ4v) is 3.94. The van der Waals surface area contributed by atoms with Crippen molar-refractivity contribution >= 4 is 31.9 Å². The fraction of sp³-hybridized carbons (Fsp3) is 0.647. The predicted molar refractivity (Wildman–Crippen MR) is 92.9 cm³/mol. The standard InChI is InChI=1S/C17H26Br2/c1-4-6-8-10-17(3,9-7-5-2)14-11-15(18)13-16(19)12-14/h11-13H,4-10H2,1-3H3. The van der Waals surface area contributed by atoms with Crippen molar-refractivity contribution in [2.75, 3.05) is 0 Å². The average molecular weight is 390 g/mol. The van der Waals surface area contributed by atoms with Gasteiger partial charge < -0.3 is 0 Å². The van der Waals surface area contributed by atoms with Crippen LogP contribution in [-0.4, -0.2) is 0 Å². The van der Waals surface area contributed by atoms with E-state index in [1.807, 2.05) is 0 Å². The number of benzene rings is 1. The smallest absolute Gasteiger partial charge is 0.0189 e. The van der Waals surface area contributed by atoms with E-state index >= 15 is 0 Å². The predicted octanol–water partition coefficient (Wildman–Crippen LogP) is 7.24. The van der Waals surface area contributed by atoms with Gasteiger partial charge in [0.15, 0.2) is 0 Å². The van der Waals surface area contributed by atoms with E-state index in [2.05, 4.69) is 70.8 Å². The molecule has 0 saturated heterocycles. The van der Waals surface area contributed by atoms with E-state index in [0.29, 0.717) is 5.41 Å². The van der Waals surface area contributed by atoms with E-state index in [1.54, 1.807) is 0 Å². The van der Waals surface area contributed by atoms with Gasteiger partial charge in [0, 0.05) is 8.95 Å². The van der Waals surface area contributed by atoms with Crippen molar-refractivity contribution in [2.45, 2.75) is 71.1 Å². The first-order valence-electron chi connectivity index (χ1n) is 7.48. The molecule has 0 spiro atoms. The SMILES string of the molecule is CCCCCC(C)(CCCC)c1cc(Br)cc(Br)c1. The minimum atomic E-state index is 0.317. The van der Waals surface area contributed by atoms with Crippen LogP contribution in [0.1, 0.15) is 71.3 Å². The zero-order valence-corrected chi connectivity index (χ0v) is 15.6. The van der Waals surface area contributed by atoms with Gasteiger partial charge in [0.25, 0.3) is 0 Å². The van der Waals surface area contributed by atoms with Gasteiger partial charge in [-0.2, -0.15) is 0 Å². The van der Waals surface area contributed by atoms with Crippen molar-refractivity contribution in [2.24, 2.45) is 0 Å². The lowest BCUT2D eigenvalue weighted by molar-refractivity contribution is 0.370. The second-order valence-corrected chi connectivity index (χ2v) is 7.61. The summed E-state index contributed by atoms with van der Waals surface area (Å²) >= 11 is 7.25. The first kappa shape index (κ1) is 17.2. The van der Waals surface area contributed by atoms with E-state index < -0.39 is 0 Å². The summed E-state index contributed by atoms with van der Waals surface area (Å²) in [5, 5.41) is 0. The molecule has 0 bridgehead atoms. The molecule has 0 aliphatic carbocycles. The maximum atomic E-state index is 3.63. The Bertz CT molecular complexity index is 367. The molecule has 0 N–H and O–H groups in total. The Morgan fingerprint density at radius 3 is 1.89 bits per heavy atom. The lowest BCUT2D eigenvalue weighted by Crippen LogP contribution is -2.22. The second kappa shape index (κ2) is 8.46. The van der Waals surface area contributed by atoms with Crippen molar-refractivity contribution in [1.29, 1.82) is 0 Å². The van der Waals surface area contributed by atoms with Gasteiger partial charge in [-0.05, 0) is 42.0 Å². The molecule has 0 aromatic heterocycles. The Morgan fingerprint density at radius 1 is 0.842 bits per heavy atom. The van der Waals surface area contributed by atoms with Crippen LogP contribution < -0.4 is 0 Å². The summed E-state index contributed by atoms with van der Waals surface area (Å²) in [6.07, 6.45) is 9.15. The molecule has 0 aliphatic rings. The number of halogens is 2. The normalized spacial score (nSPS) is 14.4. The van der Waals surface area contributed by atoms with Crippen LogP contribution in [0.5, 0.6) is 0 Å². The molecule has 0 heterocycles. The maximum absolute atomic E-state index is 3.63. The zero-order chi connectivity index (χ0) is 14.3. The summed E-state index contributed by atoms with van der Waals surface area (Å²) in [7, 11) is 0. The molecule has 0 fully saturated rings. The minimum Gasteiger partial charge on any atom is -0.0654 e. The highest BCUT2D eigenvalue weighted by Gasteiger charge is 2.26. The lowest BCUT2D eigenvalue weighted by Gasteiger charge is -2.31. The molecule has 0 saturated carbocycles. The third-order valence-electron chi connectivity index (χ3n) is 3.97. The summed E-state index contributed by atoms with van der Waals surface area (Å²) in [6, 6.07) is 6.72. The third-order valence-corrected chi connectivity index (χ3v) is 4.89. The highest BCUT2D eigenvalue weighted by atomic mass is 79.9. The Morgan fingerprint density at radius 2 is 1.37 bits per heavy atom. The molecule has 19 heavy (non-hydrogen) atoms. The molecule has 1 aromatic carbocycles. The third kappa shape index (κ3) is 5.59. The number of rotatable bonds is 8. The van der Waals surface area contributed by atoms with E-state index in [-0.39, 0.29) is 0 Å². The number of unbranched alkanes of at least 4 members (excludes halogenated alkanes) is 3.